The van der Waals surface area contributed by atoms with Crippen LogP contribution in [0, 0.1) is 0 Å². The van der Waals surface area contributed by atoms with E-state index in [-0.39, 0.29) is 0 Å². The predicted molar refractivity (Wildman–Crippen MR) is 104 cm³/mol. The minimum absolute atomic E-state index is 0.945. The predicted octanol–water partition coefficient (Wildman–Crippen LogP) is 4.46. The molecule has 2 aromatic carbocycles. The van der Waals surface area contributed by atoms with Gasteiger partial charge in [0.25, 0.3) is 0 Å². The Balaban J connectivity index is 1.78. The molecule has 0 amide bonds. The number of allylic oxidation sites excluding steroid dienone is 1. The van der Waals surface area contributed by atoms with Gasteiger partial charge >= 0.3 is 0 Å². The van der Waals surface area contributed by atoms with Crippen LogP contribution >= 0.6 is 15.9 Å². The van der Waals surface area contributed by atoms with E-state index < -0.39 is 0 Å². The molecule has 0 atom stereocenters. The van der Waals surface area contributed by atoms with Gasteiger partial charge in [0.2, 0.25) is 0 Å². The Hall–Kier alpha value is -1.91. The van der Waals surface area contributed by atoms with Gasteiger partial charge in [0.05, 0.1) is 11.0 Å². The Labute approximate surface area is 150 Å². The summed E-state index contributed by atoms with van der Waals surface area (Å²) < 4.78 is 3.50. The molecule has 0 saturated carbocycles. The van der Waals surface area contributed by atoms with E-state index in [2.05, 4.69) is 88.0 Å². The highest BCUT2D eigenvalue weighted by atomic mass is 79.9. The number of fused-ring (bicyclic) bond motifs is 2. The number of para-hydroxylation sites is 2. The maximum atomic E-state index is 4.94. The Morgan fingerprint density at radius 2 is 2.00 bits per heavy atom. The molecular weight excluding hydrogens is 362 g/mol. The van der Waals surface area contributed by atoms with Gasteiger partial charge in [0, 0.05) is 29.6 Å². The van der Waals surface area contributed by atoms with Crippen LogP contribution in [-0.2, 0) is 13.0 Å². The number of hydrogen-bond donors (Lipinski definition) is 0. The molecule has 0 N–H and O–H groups in total. The van der Waals surface area contributed by atoms with E-state index in [4.69, 9.17) is 4.98 Å². The van der Waals surface area contributed by atoms with E-state index in [1.807, 2.05) is 0 Å². The molecule has 1 aromatic heterocycles. The average Bonchev–Trinajstić information content (AvgIpc) is 3.13. The third-order valence-electron chi connectivity index (χ3n) is 4.53. The lowest BCUT2D eigenvalue weighted by molar-refractivity contribution is 0.385. The van der Waals surface area contributed by atoms with Gasteiger partial charge < -0.3 is 9.47 Å². The standard InChI is InChI=1S/C20H20BrN3/c1-23(2)9-10-24-19-6-4-3-5-18(19)22-20(24)16-11-14-7-8-17(21)13-15(14)12-16/h3-8,11,13H,9-10,12H2,1-2H3. The van der Waals surface area contributed by atoms with E-state index in [1.54, 1.807) is 0 Å². The lowest BCUT2D eigenvalue weighted by atomic mass is 10.1. The summed E-state index contributed by atoms with van der Waals surface area (Å²) >= 11 is 3.57. The van der Waals surface area contributed by atoms with Crippen LogP contribution in [0.2, 0.25) is 0 Å². The van der Waals surface area contributed by atoms with Crippen LogP contribution in [0.25, 0.3) is 22.7 Å². The molecule has 4 heteroatoms. The number of benzene rings is 2. The number of hydrogen-bond acceptors (Lipinski definition) is 2. The van der Waals surface area contributed by atoms with Gasteiger partial charge in [-0.1, -0.05) is 34.1 Å². The molecule has 3 nitrogen and oxygen atoms in total. The van der Waals surface area contributed by atoms with Gasteiger partial charge in [-0.15, -0.1) is 0 Å². The second-order valence-electron chi connectivity index (χ2n) is 6.57. The third kappa shape index (κ3) is 2.80. The normalized spacial score (nSPS) is 13.6. The van der Waals surface area contributed by atoms with Gasteiger partial charge in [-0.2, -0.15) is 0 Å². The Morgan fingerprint density at radius 1 is 1.17 bits per heavy atom. The fraction of sp³-hybridized carbons (Fsp3) is 0.250. The molecule has 0 fully saturated rings. The summed E-state index contributed by atoms with van der Waals surface area (Å²) in [4.78, 5) is 7.16. The highest BCUT2D eigenvalue weighted by Crippen LogP contribution is 2.34. The molecule has 1 aliphatic rings. The van der Waals surface area contributed by atoms with Crippen molar-refractivity contribution in [3.05, 3.63) is 63.9 Å². The maximum Gasteiger partial charge on any atom is 0.137 e. The molecule has 0 saturated heterocycles. The first-order valence-corrected chi connectivity index (χ1v) is 9.00. The number of rotatable bonds is 4. The Bertz CT molecular complexity index is 937. The quantitative estimate of drug-likeness (QED) is 0.665. The van der Waals surface area contributed by atoms with Crippen LogP contribution in [0.5, 0.6) is 0 Å². The van der Waals surface area contributed by atoms with E-state index in [0.717, 1.165) is 35.3 Å². The molecule has 0 spiro atoms. The van der Waals surface area contributed by atoms with Crippen LogP contribution in [0.1, 0.15) is 17.0 Å². The van der Waals surface area contributed by atoms with Gasteiger partial charge in [-0.25, -0.2) is 4.98 Å². The second kappa shape index (κ2) is 6.19. The number of halogens is 1. The second-order valence-corrected chi connectivity index (χ2v) is 7.48. The lowest BCUT2D eigenvalue weighted by Gasteiger charge is -2.14. The van der Waals surface area contributed by atoms with Crippen molar-refractivity contribution in [3.8, 4) is 0 Å². The fourth-order valence-electron chi connectivity index (χ4n) is 3.30. The number of imidazole rings is 1. The summed E-state index contributed by atoms with van der Waals surface area (Å²) in [6.07, 6.45) is 3.23. The van der Waals surface area contributed by atoms with Crippen LogP contribution in [0.15, 0.2) is 46.9 Å². The van der Waals surface area contributed by atoms with E-state index in [9.17, 15) is 0 Å². The van der Waals surface area contributed by atoms with Crippen LogP contribution in [0.4, 0.5) is 0 Å². The maximum absolute atomic E-state index is 4.94. The van der Waals surface area contributed by atoms with Gasteiger partial charge in [-0.05, 0) is 55.6 Å². The van der Waals surface area contributed by atoms with Crippen molar-refractivity contribution >= 4 is 38.6 Å². The molecule has 4 rings (SSSR count). The first-order chi connectivity index (χ1) is 11.6. The van der Waals surface area contributed by atoms with Gasteiger partial charge in [0.1, 0.15) is 5.82 Å². The molecule has 1 heterocycles. The van der Waals surface area contributed by atoms with E-state index in [0.29, 0.717) is 0 Å². The van der Waals surface area contributed by atoms with Crippen LogP contribution < -0.4 is 0 Å². The number of aromatic nitrogens is 2. The molecule has 0 radical (unpaired) electrons. The largest absolute Gasteiger partial charge is 0.323 e. The summed E-state index contributed by atoms with van der Waals surface area (Å²) in [6.45, 7) is 1.94. The smallest absolute Gasteiger partial charge is 0.137 e. The van der Waals surface area contributed by atoms with Crippen molar-refractivity contribution < 1.29 is 0 Å². The van der Waals surface area contributed by atoms with Crippen molar-refractivity contribution in [2.24, 2.45) is 0 Å². The molecule has 0 unspecified atom stereocenters. The van der Waals surface area contributed by atoms with Crippen molar-refractivity contribution in [2.75, 3.05) is 20.6 Å². The third-order valence-corrected chi connectivity index (χ3v) is 5.02. The van der Waals surface area contributed by atoms with Gasteiger partial charge in [-0.3, -0.25) is 0 Å². The van der Waals surface area contributed by atoms with Gasteiger partial charge in [0.15, 0.2) is 0 Å². The molecule has 1 aliphatic carbocycles. The molecule has 24 heavy (non-hydrogen) atoms. The molecule has 122 valence electrons. The minimum Gasteiger partial charge on any atom is -0.323 e. The average molecular weight is 382 g/mol. The Morgan fingerprint density at radius 3 is 2.83 bits per heavy atom. The SMILES string of the molecule is CN(C)CCn1c(C2=Cc3ccc(Br)cc3C2)nc2ccccc21. The summed E-state index contributed by atoms with van der Waals surface area (Å²) in [5.41, 5.74) is 6.26. The van der Waals surface area contributed by atoms with Crippen molar-refractivity contribution in [1.29, 1.82) is 0 Å². The van der Waals surface area contributed by atoms with Crippen molar-refractivity contribution in [3.63, 3.8) is 0 Å². The lowest BCUT2D eigenvalue weighted by Crippen LogP contribution is -2.19. The fourth-order valence-corrected chi connectivity index (χ4v) is 3.71. The monoisotopic (exact) mass is 381 g/mol. The van der Waals surface area contributed by atoms with Crippen LogP contribution in [-0.4, -0.2) is 35.1 Å². The van der Waals surface area contributed by atoms with Crippen molar-refractivity contribution in [2.45, 2.75) is 13.0 Å². The summed E-state index contributed by atoms with van der Waals surface area (Å²) in [5.74, 6) is 1.10. The zero-order valence-corrected chi connectivity index (χ0v) is 15.5. The summed E-state index contributed by atoms with van der Waals surface area (Å²) in [5, 5.41) is 0. The minimum atomic E-state index is 0.945. The zero-order valence-electron chi connectivity index (χ0n) is 14.0. The molecular formula is C20H20BrN3. The first kappa shape index (κ1) is 15.6. The number of nitrogens with zero attached hydrogens (tertiary/aromatic N) is 3. The molecule has 0 aliphatic heterocycles. The van der Waals surface area contributed by atoms with Crippen LogP contribution in [0.3, 0.4) is 0 Å². The molecule has 0 bridgehead atoms. The highest BCUT2D eigenvalue weighted by Gasteiger charge is 2.20. The zero-order chi connectivity index (χ0) is 16.7. The highest BCUT2D eigenvalue weighted by molar-refractivity contribution is 9.10. The first-order valence-electron chi connectivity index (χ1n) is 8.21. The summed E-state index contributed by atoms with van der Waals surface area (Å²) in [6, 6.07) is 14.9. The topological polar surface area (TPSA) is 21.1 Å². The Kier molecular flexibility index (Phi) is 4.02. The molecule has 3 aromatic rings. The summed E-state index contributed by atoms with van der Waals surface area (Å²) in [7, 11) is 4.22. The number of likely N-dealkylation sites (N-methyl/N-ethyl adjacent to an activating group) is 1. The van der Waals surface area contributed by atoms with E-state index >= 15 is 0 Å². The van der Waals surface area contributed by atoms with Crippen molar-refractivity contribution in [1.82, 2.24) is 14.5 Å². The van der Waals surface area contributed by atoms with E-state index in [1.165, 1.54) is 22.2 Å².